The van der Waals surface area contributed by atoms with E-state index in [0.29, 0.717) is 5.76 Å². The van der Waals surface area contributed by atoms with Crippen LogP contribution in [0, 0.1) is 4.77 Å². The number of carbonyl (C=O) groups is 1. The number of hydrogen-bond acceptors (Lipinski definition) is 4. The Balaban J connectivity index is 1.75. The summed E-state index contributed by atoms with van der Waals surface area (Å²) in [5, 5.41) is 2.72. The van der Waals surface area contributed by atoms with Crippen LogP contribution in [0.25, 0.3) is 16.6 Å². The number of aromatic amines is 1. The van der Waals surface area contributed by atoms with Gasteiger partial charge in [0.1, 0.15) is 5.76 Å². The number of carbonyl (C=O) groups excluding carboxylic acids is 1. The molecule has 1 amide bonds. The van der Waals surface area contributed by atoms with Crippen molar-refractivity contribution in [1.82, 2.24) is 14.9 Å². The highest BCUT2D eigenvalue weighted by Crippen LogP contribution is 2.33. The van der Waals surface area contributed by atoms with E-state index in [-0.39, 0.29) is 38.5 Å². The van der Waals surface area contributed by atoms with Gasteiger partial charge >= 0.3 is 6.18 Å². The summed E-state index contributed by atoms with van der Waals surface area (Å²) < 4.78 is 45.3. The lowest BCUT2D eigenvalue weighted by atomic mass is 10.1. The minimum absolute atomic E-state index is 0.0760. The van der Waals surface area contributed by atoms with Crippen molar-refractivity contribution >= 4 is 40.6 Å². The number of amides is 1. The zero-order valence-corrected chi connectivity index (χ0v) is 17.6. The maximum Gasteiger partial charge on any atom is 0.416 e. The van der Waals surface area contributed by atoms with E-state index in [2.05, 4.69) is 10.3 Å². The van der Waals surface area contributed by atoms with Crippen LogP contribution in [0.4, 0.5) is 13.2 Å². The summed E-state index contributed by atoms with van der Waals surface area (Å²) in [5.41, 5.74) is -1.33. The van der Waals surface area contributed by atoms with E-state index in [0.717, 1.165) is 22.8 Å². The second kappa shape index (κ2) is 8.29. The number of fused-ring (bicyclic) bond motifs is 1. The molecule has 2 N–H and O–H groups in total. The number of hydrogen-bond donors (Lipinski definition) is 2. The van der Waals surface area contributed by atoms with E-state index in [9.17, 15) is 22.8 Å². The molecular formula is C21H13ClF3N3O3S. The Hall–Kier alpha value is -3.37. The third-order valence-electron chi connectivity index (χ3n) is 4.68. The largest absolute Gasteiger partial charge is 0.467 e. The fraction of sp³-hybridized carbons (Fsp3) is 0.0952. The monoisotopic (exact) mass is 479 g/mol. The summed E-state index contributed by atoms with van der Waals surface area (Å²) in [4.78, 5) is 28.3. The number of nitrogens with zero attached hydrogens (tertiary/aromatic N) is 1. The first-order chi connectivity index (χ1) is 15.1. The highest BCUT2D eigenvalue weighted by molar-refractivity contribution is 7.71. The summed E-state index contributed by atoms with van der Waals surface area (Å²) in [6.45, 7) is 0.176. The van der Waals surface area contributed by atoms with Crippen LogP contribution >= 0.6 is 23.8 Å². The minimum Gasteiger partial charge on any atom is -0.467 e. The average Bonchev–Trinajstić information content (AvgIpc) is 3.25. The van der Waals surface area contributed by atoms with Gasteiger partial charge in [0, 0.05) is 5.56 Å². The van der Waals surface area contributed by atoms with Crippen LogP contribution in [-0.4, -0.2) is 15.5 Å². The normalized spacial score (nSPS) is 11.6. The van der Waals surface area contributed by atoms with Crippen molar-refractivity contribution in [3.8, 4) is 5.69 Å². The molecule has 0 unspecified atom stereocenters. The predicted molar refractivity (Wildman–Crippen MR) is 115 cm³/mol. The zero-order valence-electron chi connectivity index (χ0n) is 16.0. The fourth-order valence-corrected chi connectivity index (χ4v) is 3.61. The maximum atomic E-state index is 13.1. The topological polar surface area (TPSA) is 80.0 Å². The number of H-pyrrole nitrogens is 1. The van der Waals surface area contributed by atoms with Gasteiger partial charge in [-0.05, 0) is 60.7 Å². The lowest BCUT2D eigenvalue weighted by molar-refractivity contribution is -0.137. The van der Waals surface area contributed by atoms with Crippen molar-refractivity contribution in [2.24, 2.45) is 0 Å². The number of rotatable bonds is 4. The van der Waals surface area contributed by atoms with Gasteiger partial charge < -0.3 is 14.7 Å². The van der Waals surface area contributed by atoms with E-state index < -0.39 is 23.2 Å². The van der Waals surface area contributed by atoms with Gasteiger partial charge in [-0.15, -0.1) is 0 Å². The highest BCUT2D eigenvalue weighted by atomic mass is 35.5. The molecule has 4 rings (SSSR count). The lowest BCUT2D eigenvalue weighted by Gasteiger charge is -2.13. The molecule has 164 valence electrons. The van der Waals surface area contributed by atoms with Gasteiger partial charge in [0.05, 0.1) is 40.0 Å². The third-order valence-corrected chi connectivity index (χ3v) is 5.28. The standard InChI is InChI=1S/C21H13ClF3N3O3S/c22-15-6-4-12(21(23,24)25)9-17(15)28-19(30)14-5-3-11(8-16(14)27-20(28)32)18(29)26-10-13-2-1-7-31-13/h1-9H,10H2,(H,26,29)(H,27,32). The lowest BCUT2D eigenvalue weighted by Crippen LogP contribution is -2.24. The summed E-state index contributed by atoms with van der Waals surface area (Å²) in [5.74, 6) is 0.159. The zero-order chi connectivity index (χ0) is 23.0. The van der Waals surface area contributed by atoms with Gasteiger partial charge in [-0.1, -0.05) is 11.6 Å². The Kier molecular flexibility index (Phi) is 5.66. The molecule has 6 nitrogen and oxygen atoms in total. The number of furan rings is 1. The van der Waals surface area contributed by atoms with Crippen molar-refractivity contribution in [2.45, 2.75) is 12.7 Å². The first-order valence-corrected chi connectivity index (χ1v) is 9.90. The molecule has 0 aliphatic rings. The molecular weight excluding hydrogens is 467 g/mol. The Morgan fingerprint density at radius 1 is 1.19 bits per heavy atom. The number of halogens is 4. The molecule has 11 heteroatoms. The number of aromatic nitrogens is 2. The summed E-state index contributed by atoms with van der Waals surface area (Å²) in [7, 11) is 0. The van der Waals surface area contributed by atoms with Crippen LogP contribution in [0.1, 0.15) is 21.7 Å². The summed E-state index contributed by atoms with van der Waals surface area (Å²) >= 11 is 11.3. The van der Waals surface area contributed by atoms with Crippen LogP contribution in [0.5, 0.6) is 0 Å². The maximum absolute atomic E-state index is 13.1. The minimum atomic E-state index is -4.62. The Morgan fingerprint density at radius 3 is 2.66 bits per heavy atom. The van der Waals surface area contributed by atoms with E-state index in [1.165, 1.54) is 24.5 Å². The van der Waals surface area contributed by atoms with Crippen molar-refractivity contribution in [3.63, 3.8) is 0 Å². The molecule has 2 aromatic heterocycles. The number of nitrogens with one attached hydrogen (secondary N) is 2. The van der Waals surface area contributed by atoms with Crippen LogP contribution in [0.3, 0.4) is 0 Å². The second-order valence-electron chi connectivity index (χ2n) is 6.76. The molecule has 0 atom stereocenters. The molecule has 0 saturated carbocycles. The molecule has 2 heterocycles. The molecule has 4 aromatic rings. The predicted octanol–water partition coefficient (Wildman–Crippen LogP) is 5.24. The van der Waals surface area contributed by atoms with Crippen molar-refractivity contribution in [3.05, 3.63) is 91.8 Å². The van der Waals surface area contributed by atoms with E-state index >= 15 is 0 Å². The highest BCUT2D eigenvalue weighted by Gasteiger charge is 2.31. The number of benzene rings is 2. The van der Waals surface area contributed by atoms with Crippen molar-refractivity contribution in [2.75, 3.05) is 0 Å². The van der Waals surface area contributed by atoms with Crippen LogP contribution in [0.15, 0.2) is 64.0 Å². The summed E-state index contributed by atoms with van der Waals surface area (Å²) in [6.07, 6.45) is -3.14. The van der Waals surface area contributed by atoms with Crippen LogP contribution < -0.4 is 10.9 Å². The third kappa shape index (κ3) is 4.19. The first-order valence-electron chi connectivity index (χ1n) is 9.12. The van der Waals surface area contributed by atoms with Gasteiger partial charge in [0.25, 0.3) is 11.5 Å². The average molecular weight is 480 g/mol. The van der Waals surface area contributed by atoms with E-state index in [1.54, 1.807) is 12.1 Å². The molecule has 0 fully saturated rings. The van der Waals surface area contributed by atoms with Gasteiger partial charge in [-0.3, -0.25) is 14.2 Å². The Bertz CT molecular complexity index is 1440. The molecule has 0 aliphatic carbocycles. The molecule has 0 aliphatic heterocycles. The van der Waals surface area contributed by atoms with Crippen LogP contribution in [0.2, 0.25) is 5.02 Å². The molecule has 0 radical (unpaired) electrons. The van der Waals surface area contributed by atoms with Gasteiger partial charge in [0.2, 0.25) is 0 Å². The fourth-order valence-electron chi connectivity index (χ4n) is 3.12. The molecule has 0 spiro atoms. The van der Waals surface area contributed by atoms with E-state index in [4.69, 9.17) is 28.2 Å². The van der Waals surface area contributed by atoms with Gasteiger partial charge in [0.15, 0.2) is 4.77 Å². The van der Waals surface area contributed by atoms with Crippen molar-refractivity contribution in [1.29, 1.82) is 0 Å². The Labute approximate surface area is 188 Å². The molecule has 32 heavy (non-hydrogen) atoms. The number of alkyl halides is 3. The second-order valence-corrected chi connectivity index (χ2v) is 7.55. The smallest absolute Gasteiger partial charge is 0.416 e. The first kappa shape index (κ1) is 21.8. The SMILES string of the molecule is O=C(NCc1ccco1)c1ccc2c(=O)n(-c3cc(C(F)(F)F)ccc3Cl)c(=S)[nH]c2c1. The van der Waals surface area contributed by atoms with Gasteiger partial charge in [-0.2, -0.15) is 13.2 Å². The molecule has 2 aromatic carbocycles. The van der Waals surface area contributed by atoms with Crippen molar-refractivity contribution < 1.29 is 22.4 Å². The quantitative estimate of drug-likeness (QED) is 0.392. The Morgan fingerprint density at radius 2 is 1.97 bits per heavy atom. The summed E-state index contributed by atoms with van der Waals surface area (Å²) in [6, 6.07) is 10.3. The van der Waals surface area contributed by atoms with E-state index in [1.807, 2.05) is 0 Å². The molecule has 0 saturated heterocycles. The van der Waals surface area contributed by atoms with Gasteiger partial charge in [-0.25, -0.2) is 0 Å². The van der Waals surface area contributed by atoms with Crippen LogP contribution in [-0.2, 0) is 12.7 Å². The molecule has 0 bridgehead atoms.